The Morgan fingerprint density at radius 2 is 1.64 bits per heavy atom. The second kappa shape index (κ2) is 8.75. The Morgan fingerprint density at radius 3 is 2.25 bits per heavy atom. The van der Waals surface area contributed by atoms with Crippen LogP contribution in [0.2, 0.25) is 0 Å². The van der Waals surface area contributed by atoms with Gasteiger partial charge in [0.1, 0.15) is 23.1 Å². The third kappa shape index (κ3) is 4.61. The van der Waals surface area contributed by atoms with Crippen LogP contribution in [0.4, 0.5) is 26.2 Å². The third-order valence-corrected chi connectivity index (χ3v) is 4.33. The van der Waals surface area contributed by atoms with Crippen LogP contribution in [0.3, 0.4) is 0 Å². The van der Waals surface area contributed by atoms with Gasteiger partial charge in [0.2, 0.25) is 5.95 Å². The van der Waals surface area contributed by atoms with E-state index in [-0.39, 0.29) is 36.0 Å². The van der Waals surface area contributed by atoms with E-state index >= 15 is 0 Å². The summed E-state index contributed by atoms with van der Waals surface area (Å²) in [5.41, 5.74) is 1.13. The maximum Gasteiger partial charge on any atom is 0.225 e. The van der Waals surface area contributed by atoms with E-state index < -0.39 is 11.6 Å². The van der Waals surface area contributed by atoms with Gasteiger partial charge in [0, 0.05) is 11.6 Å². The number of rotatable bonds is 7. The van der Waals surface area contributed by atoms with Crippen LogP contribution in [-0.4, -0.2) is 27.7 Å². The van der Waals surface area contributed by atoms with Crippen molar-refractivity contribution in [1.29, 1.82) is 0 Å². The Labute approximate surface area is 162 Å². The predicted octanol–water partition coefficient (Wildman–Crippen LogP) is 4.59. The number of aliphatic hydroxyl groups excluding tert-OH is 1. The Bertz CT molecular complexity index is 915. The van der Waals surface area contributed by atoms with Crippen molar-refractivity contribution in [2.45, 2.75) is 19.9 Å². The molecular weight excluding hydrogens is 362 g/mol. The summed E-state index contributed by atoms with van der Waals surface area (Å²) < 4.78 is 28.1. The van der Waals surface area contributed by atoms with Crippen LogP contribution in [0.5, 0.6) is 0 Å². The highest BCUT2D eigenvalue weighted by molar-refractivity contribution is 5.67. The second-order valence-electron chi connectivity index (χ2n) is 6.73. The third-order valence-electron chi connectivity index (χ3n) is 4.33. The average Bonchev–Trinajstić information content (AvgIpc) is 2.69. The first kappa shape index (κ1) is 19.7. The molecule has 0 aliphatic rings. The number of benzene rings is 2. The van der Waals surface area contributed by atoms with Crippen molar-refractivity contribution < 1.29 is 13.9 Å². The average molecular weight is 384 g/mol. The molecule has 3 rings (SSSR count). The van der Waals surface area contributed by atoms with Gasteiger partial charge in [-0.25, -0.2) is 13.8 Å². The van der Waals surface area contributed by atoms with E-state index in [1.54, 1.807) is 6.07 Å². The Balaban J connectivity index is 2.02. The summed E-state index contributed by atoms with van der Waals surface area (Å²) in [5.74, 6) is -0.807. The Kier molecular flexibility index (Phi) is 6.16. The van der Waals surface area contributed by atoms with E-state index in [0.29, 0.717) is 5.69 Å². The van der Waals surface area contributed by atoms with Gasteiger partial charge in [0.15, 0.2) is 0 Å². The van der Waals surface area contributed by atoms with Crippen molar-refractivity contribution in [2.24, 2.45) is 5.92 Å². The van der Waals surface area contributed by atoms with E-state index in [9.17, 15) is 13.9 Å². The van der Waals surface area contributed by atoms with Crippen LogP contribution in [0.1, 0.15) is 13.8 Å². The molecule has 146 valence electrons. The fraction of sp³-hybridized carbons (Fsp3) is 0.238. The molecule has 0 fully saturated rings. The van der Waals surface area contributed by atoms with Crippen molar-refractivity contribution in [3.05, 3.63) is 66.2 Å². The summed E-state index contributed by atoms with van der Waals surface area (Å²) in [6, 6.07) is 14.4. The maximum absolute atomic E-state index is 14.0. The Morgan fingerprint density at radius 1 is 0.964 bits per heavy atom. The molecule has 3 aromatic rings. The fourth-order valence-electron chi connectivity index (χ4n) is 2.67. The number of anilines is 3. The smallest absolute Gasteiger partial charge is 0.225 e. The summed E-state index contributed by atoms with van der Waals surface area (Å²) in [6.07, 6.45) is 0. The molecule has 7 heteroatoms. The van der Waals surface area contributed by atoms with Gasteiger partial charge < -0.3 is 15.7 Å². The molecule has 5 nitrogen and oxygen atoms in total. The molecule has 0 bridgehead atoms. The lowest BCUT2D eigenvalue weighted by molar-refractivity contribution is 0.248. The molecule has 0 unspecified atom stereocenters. The van der Waals surface area contributed by atoms with Gasteiger partial charge in [-0.05, 0) is 18.1 Å². The highest BCUT2D eigenvalue weighted by atomic mass is 19.1. The van der Waals surface area contributed by atoms with Gasteiger partial charge in [0.05, 0.1) is 18.3 Å². The van der Waals surface area contributed by atoms with Crippen molar-refractivity contribution >= 4 is 17.5 Å². The largest absolute Gasteiger partial charge is 0.394 e. The molecule has 0 amide bonds. The van der Waals surface area contributed by atoms with Crippen LogP contribution in [0.25, 0.3) is 11.3 Å². The second-order valence-corrected chi connectivity index (χ2v) is 6.73. The number of aromatic nitrogens is 2. The van der Waals surface area contributed by atoms with Crippen molar-refractivity contribution in [3.63, 3.8) is 0 Å². The van der Waals surface area contributed by atoms with Gasteiger partial charge >= 0.3 is 0 Å². The molecule has 2 aromatic carbocycles. The van der Waals surface area contributed by atoms with Crippen LogP contribution in [0.15, 0.2) is 54.6 Å². The molecule has 0 saturated heterocycles. The number of nitrogens with zero attached hydrogens (tertiary/aromatic N) is 2. The van der Waals surface area contributed by atoms with Gasteiger partial charge in [-0.3, -0.25) is 0 Å². The molecule has 0 aliphatic heterocycles. The number of hydrogen-bond donors (Lipinski definition) is 3. The van der Waals surface area contributed by atoms with E-state index in [2.05, 4.69) is 20.6 Å². The van der Waals surface area contributed by atoms with Crippen LogP contribution in [-0.2, 0) is 0 Å². The highest BCUT2D eigenvalue weighted by Gasteiger charge is 2.16. The summed E-state index contributed by atoms with van der Waals surface area (Å²) in [5, 5.41) is 15.4. The molecule has 3 N–H and O–H groups in total. The zero-order valence-corrected chi connectivity index (χ0v) is 15.7. The molecule has 1 heterocycles. The predicted molar refractivity (Wildman–Crippen MR) is 106 cm³/mol. The van der Waals surface area contributed by atoms with E-state index in [1.165, 1.54) is 18.2 Å². The Hall–Kier alpha value is -3.06. The van der Waals surface area contributed by atoms with Gasteiger partial charge in [-0.15, -0.1) is 0 Å². The monoisotopic (exact) mass is 384 g/mol. The minimum Gasteiger partial charge on any atom is -0.394 e. The first-order chi connectivity index (χ1) is 13.5. The van der Waals surface area contributed by atoms with Gasteiger partial charge in [0.25, 0.3) is 0 Å². The van der Waals surface area contributed by atoms with Crippen LogP contribution in [0, 0.1) is 17.6 Å². The van der Waals surface area contributed by atoms with Gasteiger partial charge in [-0.2, -0.15) is 4.98 Å². The first-order valence-corrected chi connectivity index (χ1v) is 9.01. The van der Waals surface area contributed by atoms with Crippen molar-refractivity contribution in [2.75, 3.05) is 17.2 Å². The van der Waals surface area contributed by atoms with Gasteiger partial charge in [-0.1, -0.05) is 50.2 Å². The first-order valence-electron chi connectivity index (χ1n) is 9.01. The summed E-state index contributed by atoms with van der Waals surface area (Å²) in [7, 11) is 0. The van der Waals surface area contributed by atoms with Crippen LogP contribution >= 0.6 is 0 Å². The lowest BCUT2D eigenvalue weighted by atomic mass is 10.1. The van der Waals surface area contributed by atoms with E-state index in [4.69, 9.17) is 0 Å². The highest BCUT2D eigenvalue weighted by Crippen LogP contribution is 2.26. The molecule has 0 radical (unpaired) electrons. The quantitative estimate of drug-likeness (QED) is 0.556. The molecule has 1 atom stereocenters. The minimum atomic E-state index is -0.718. The zero-order valence-electron chi connectivity index (χ0n) is 15.7. The summed E-state index contributed by atoms with van der Waals surface area (Å²) >= 11 is 0. The van der Waals surface area contributed by atoms with Crippen LogP contribution < -0.4 is 10.6 Å². The number of aliphatic hydroxyl groups is 1. The number of halogens is 2. The lowest BCUT2D eigenvalue weighted by Gasteiger charge is -2.21. The van der Waals surface area contributed by atoms with E-state index in [0.717, 1.165) is 5.56 Å². The SMILES string of the molecule is CC(C)[C@H](CO)Nc1nc(Nc2c(F)cccc2F)cc(-c2ccccc2)n1. The summed E-state index contributed by atoms with van der Waals surface area (Å²) in [4.78, 5) is 8.83. The molecule has 0 saturated carbocycles. The maximum atomic E-state index is 14.0. The molecule has 0 aliphatic carbocycles. The van der Waals surface area contributed by atoms with E-state index in [1.807, 2.05) is 44.2 Å². The number of para-hydroxylation sites is 1. The zero-order chi connectivity index (χ0) is 20.1. The topological polar surface area (TPSA) is 70.1 Å². The normalized spacial score (nSPS) is 12.1. The number of hydrogen-bond acceptors (Lipinski definition) is 5. The van der Waals surface area contributed by atoms with Crippen molar-refractivity contribution in [3.8, 4) is 11.3 Å². The lowest BCUT2D eigenvalue weighted by Crippen LogP contribution is -2.30. The molecule has 1 aromatic heterocycles. The molecular formula is C21H22F2N4O. The standard InChI is InChI=1S/C21H22F2N4O/c1-13(2)18(12-28)25-21-24-17(14-7-4-3-5-8-14)11-19(27-21)26-20-15(22)9-6-10-16(20)23/h3-11,13,18,28H,12H2,1-2H3,(H2,24,25,26,27)/t18-/m0/s1. The van der Waals surface area contributed by atoms with Crippen molar-refractivity contribution in [1.82, 2.24) is 9.97 Å². The molecule has 28 heavy (non-hydrogen) atoms. The fourth-order valence-corrected chi connectivity index (χ4v) is 2.67. The minimum absolute atomic E-state index is 0.0959. The molecule has 0 spiro atoms. The number of nitrogens with one attached hydrogen (secondary N) is 2. The summed E-state index contributed by atoms with van der Waals surface area (Å²) in [6.45, 7) is 3.83.